The first-order valence-electron chi connectivity index (χ1n) is 7.23. The van der Waals surface area contributed by atoms with Crippen LogP contribution in [-0.2, 0) is 6.42 Å². The molecule has 0 fully saturated rings. The van der Waals surface area contributed by atoms with E-state index in [0.29, 0.717) is 6.61 Å². The van der Waals surface area contributed by atoms with Gasteiger partial charge < -0.3 is 14.6 Å². The Kier molecular flexibility index (Phi) is 6.10. The van der Waals surface area contributed by atoms with Gasteiger partial charge >= 0.3 is 0 Å². The van der Waals surface area contributed by atoms with Gasteiger partial charge in [-0.2, -0.15) is 0 Å². The molecule has 0 radical (unpaired) electrons. The number of rotatable bonds is 8. The fourth-order valence-electron chi connectivity index (χ4n) is 2.21. The number of hydrogen-bond donors (Lipinski definition) is 1. The van der Waals surface area contributed by atoms with Crippen molar-refractivity contribution in [2.24, 2.45) is 5.92 Å². The van der Waals surface area contributed by atoms with Gasteiger partial charge in [0.05, 0.1) is 13.7 Å². The summed E-state index contributed by atoms with van der Waals surface area (Å²) in [6.45, 7) is 0.787. The highest BCUT2D eigenvalue weighted by atomic mass is 16.5. The van der Waals surface area contributed by atoms with Crippen LogP contribution in [0.15, 0.2) is 54.6 Å². The van der Waals surface area contributed by atoms with Crippen LogP contribution >= 0.6 is 0 Å². The molecule has 2 rings (SSSR count). The van der Waals surface area contributed by atoms with Crippen LogP contribution in [0.3, 0.4) is 0 Å². The van der Waals surface area contributed by atoms with Crippen LogP contribution < -0.4 is 9.47 Å². The van der Waals surface area contributed by atoms with Crippen molar-refractivity contribution in [2.45, 2.75) is 12.8 Å². The summed E-state index contributed by atoms with van der Waals surface area (Å²) in [6, 6.07) is 17.7. The van der Waals surface area contributed by atoms with Crippen LogP contribution in [0.2, 0.25) is 0 Å². The summed E-state index contributed by atoms with van der Waals surface area (Å²) in [4.78, 5) is 0. The lowest BCUT2D eigenvalue weighted by Gasteiger charge is -2.15. The Hall–Kier alpha value is -2.00. The quantitative estimate of drug-likeness (QED) is 0.809. The van der Waals surface area contributed by atoms with E-state index >= 15 is 0 Å². The number of para-hydroxylation sites is 1. The minimum absolute atomic E-state index is 0.171. The lowest BCUT2D eigenvalue weighted by molar-refractivity contribution is 0.190. The van der Waals surface area contributed by atoms with Crippen molar-refractivity contribution < 1.29 is 14.6 Å². The summed E-state index contributed by atoms with van der Waals surface area (Å²) in [5.41, 5.74) is 1.20. The summed E-state index contributed by atoms with van der Waals surface area (Å²) in [5, 5.41) is 9.51. The zero-order chi connectivity index (χ0) is 14.9. The Morgan fingerprint density at radius 1 is 0.952 bits per heavy atom. The van der Waals surface area contributed by atoms with Crippen LogP contribution in [0.4, 0.5) is 0 Å². The van der Waals surface area contributed by atoms with E-state index in [-0.39, 0.29) is 12.5 Å². The maximum Gasteiger partial charge on any atom is 0.119 e. The molecular weight excluding hydrogens is 264 g/mol. The van der Waals surface area contributed by atoms with Crippen LogP contribution in [0, 0.1) is 5.92 Å². The van der Waals surface area contributed by atoms with Crippen molar-refractivity contribution >= 4 is 0 Å². The average Bonchev–Trinajstić information content (AvgIpc) is 2.55. The first-order valence-corrected chi connectivity index (χ1v) is 7.23. The van der Waals surface area contributed by atoms with E-state index in [1.807, 2.05) is 54.6 Å². The largest absolute Gasteiger partial charge is 0.497 e. The second-order valence-electron chi connectivity index (χ2n) is 5.05. The van der Waals surface area contributed by atoms with Crippen molar-refractivity contribution in [3.05, 3.63) is 60.2 Å². The number of aliphatic hydroxyl groups excluding tert-OH is 1. The van der Waals surface area contributed by atoms with Crippen LogP contribution in [0.25, 0.3) is 0 Å². The molecule has 21 heavy (non-hydrogen) atoms. The fourth-order valence-corrected chi connectivity index (χ4v) is 2.21. The van der Waals surface area contributed by atoms with Gasteiger partial charge in [-0.1, -0.05) is 30.3 Å². The third-order valence-corrected chi connectivity index (χ3v) is 3.48. The molecule has 0 aliphatic heterocycles. The van der Waals surface area contributed by atoms with E-state index in [1.54, 1.807) is 7.11 Å². The molecule has 0 aliphatic carbocycles. The zero-order valence-corrected chi connectivity index (χ0v) is 12.4. The topological polar surface area (TPSA) is 38.7 Å². The van der Waals surface area contributed by atoms with Crippen LogP contribution in [0.5, 0.6) is 11.5 Å². The van der Waals surface area contributed by atoms with Gasteiger partial charge in [-0.3, -0.25) is 0 Å². The maximum atomic E-state index is 9.51. The van der Waals surface area contributed by atoms with Gasteiger partial charge in [-0.05, 0) is 48.6 Å². The van der Waals surface area contributed by atoms with E-state index in [4.69, 9.17) is 9.47 Å². The van der Waals surface area contributed by atoms with Gasteiger partial charge in [0.15, 0.2) is 0 Å². The van der Waals surface area contributed by atoms with E-state index in [2.05, 4.69) is 0 Å². The second-order valence-corrected chi connectivity index (χ2v) is 5.05. The third kappa shape index (κ3) is 5.12. The summed E-state index contributed by atoms with van der Waals surface area (Å²) in [5.74, 6) is 1.94. The van der Waals surface area contributed by atoms with Crippen molar-refractivity contribution in [2.75, 3.05) is 20.3 Å². The molecule has 0 saturated carbocycles. The minimum atomic E-state index is 0.171. The summed E-state index contributed by atoms with van der Waals surface area (Å²) < 4.78 is 10.8. The fraction of sp³-hybridized carbons (Fsp3) is 0.333. The highest BCUT2D eigenvalue weighted by molar-refractivity contribution is 5.27. The first-order chi connectivity index (χ1) is 10.3. The minimum Gasteiger partial charge on any atom is -0.497 e. The summed E-state index contributed by atoms with van der Waals surface area (Å²) in [7, 11) is 1.66. The van der Waals surface area contributed by atoms with Crippen molar-refractivity contribution in [1.82, 2.24) is 0 Å². The normalized spacial score (nSPS) is 11.9. The molecule has 0 heterocycles. The van der Waals surface area contributed by atoms with Gasteiger partial charge in [-0.15, -0.1) is 0 Å². The second kappa shape index (κ2) is 8.32. The van der Waals surface area contributed by atoms with Gasteiger partial charge in [0.2, 0.25) is 0 Å². The molecule has 3 heteroatoms. The molecule has 0 aromatic heterocycles. The van der Waals surface area contributed by atoms with Crippen LogP contribution in [-0.4, -0.2) is 25.4 Å². The van der Waals surface area contributed by atoms with Gasteiger partial charge in [-0.25, -0.2) is 0 Å². The third-order valence-electron chi connectivity index (χ3n) is 3.48. The van der Waals surface area contributed by atoms with Gasteiger partial charge in [0.1, 0.15) is 11.5 Å². The first kappa shape index (κ1) is 15.4. The summed E-state index contributed by atoms with van der Waals surface area (Å²) >= 11 is 0. The number of hydrogen-bond acceptors (Lipinski definition) is 3. The van der Waals surface area contributed by atoms with E-state index in [0.717, 1.165) is 24.3 Å². The molecule has 2 aromatic rings. The molecule has 0 aliphatic rings. The number of ether oxygens (including phenoxy) is 2. The Morgan fingerprint density at radius 2 is 1.67 bits per heavy atom. The molecular formula is C18H22O3. The predicted molar refractivity (Wildman–Crippen MR) is 83.8 cm³/mol. The van der Waals surface area contributed by atoms with E-state index < -0.39 is 0 Å². The number of methoxy groups -OCH3 is 1. The Labute approximate surface area is 126 Å². The Balaban J connectivity index is 1.79. The SMILES string of the molecule is COc1ccc(CC(CO)CCOc2ccccc2)cc1. The molecule has 1 unspecified atom stereocenters. The monoisotopic (exact) mass is 286 g/mol. The smallest absolute Gasteiger partial charge is 0.119 e. The number of benzene rings is 2. The molecule has 1 atom stereocenters. The highest BCUT2D eigenvalue weighted by Crippen LogP contribution is 2.17. The maximum absolute atomic E-state index is 9.51. The lowest BCUT2D eigenvalue weighted by Crippen LogP contribution is -2.14. The van der Waals surface area contributed by atoms with Crippen LogP contribution in [0.1, 0.15) is 12.0 Å². The molecule has 112 valence electrons. The molecule has 3 nitrogen and oxygen atoms in total. The molecule has 0 spiro atoms. The molecule has 1 N–H and O–H groups in total. The number of aliphatic hydroxyl groups is 1. The van der Waals surface area contributed by atoms with E-state index in [1.165, 1.54) is 5.56 Å². The standard InChI is InChI=1S/C18H22O3/c1-20-17-9-7-15(8-10-17)13-16(14-19)11-12-21-18-5-3-2-4-6-18/h2-10,16,19H,11-14H2,1H3. The molecule has 2 aromatic carbocycles. The Bertz CT molecular complexity index is 508. The average molecular weight is 286 g/mol. The Morgan fingerprint density at radius 3 is 2.29 bits per heavy atom. The van der Waals surface area contributed by atoms with Crippen molar-refractivity contribution in [3.63, 3.8) is 0 Å². The van der Waals surface area contributed by atoms with Crippen molar-refractivity contribution in [3.8, 4) is 11.5 Å². The lowest BCUT2D eigenvalue weighted by atomic mass is 9.97. The summed E-state index contributed by atoms with van der Waals surface area (Å²) in [6.07, 6.45) is 1.68. The van der Waals surface area contributed by atoms with E-state index in [9.17, 15) is 5.11 Å². The molecule has 0 bridgehead atoms. The molecule has 0 amide bonds. The highest BCUT2D eigenvalue weighted by Gasteiger charge is 2.09. The van der Waals surface area contributed by atoms with Crippen molar-refractivity contribution in [1.29, 1.82) is 0 Å². The van der Waals surface area contributed by atoms with Gasteiger partial charge in [0, 0.05) is 6.61 Å². The molecule has 0 saturated heterocycles. The van der Waals surface area contributed by atoms with Gasteiger partial charge in [0.25, 0.3) is 0 Å². The zero-order valence-electron chi connectivity index (χ0n) is 12.4. The predicted octanol–water partition coefficient (Wildman–Crippen LogP) is 3.32.